The summed E-state index contributed by atoms with van der Waals surface area (Å²) in [5.74, 6) is -1.80. The lowest BCUT2D eigenvalue weighted by molar-refractivity contribution is -0.140. The minimum atomic E-state index is -2.39. The lowest BCUT2D eigenvalue weighted by Crippen LogP contribution is -2.54. The van der Waals surface area contributed by atoms with Crippen LogP contribution in [0.1, 0.15) is 76.2 Å². The van der Waals surface area contributed by atoms with Crippen LogP contribution in [0.2, 0.25) is 36.3 Å². The van der Waals surface area contributed by atoms with Gasteiger partial charge in [0.1, 0.15) is 6.10 Å². The first-order valence-electron chi connectivity index (χ1n) is 17.3. The van der Waals surface area contributed by atoms with E-state index in [0.29, 0.717) is 6.54 Å². The summed E-state index contributed by atoms with van der Waals surface area (Å²) in [5, 5.41) is -0.149. The van der Waals surface area contributed by atoms with Gasteiger partial charge in [0, 0.05) is 31.5 Å². The molecule has 9 nitrogen and oxygen atoms in total. The molecule has 0 aromatic rings. The van der Waals surface area contributed by atoms with Crippen LogP contribution < -0.4 is 5.73 Å². The van der Waals surface area contributed by atoms with Crippen molar-refractivity contribution in [2.75, 3.05) is 20.7 Å². The second kappa shape index (κ2) is 18.7. The fourth-order valence-electron chi connectivity index (χ4n) is 5.34. The molecular formula is C37H70N2O7Si2. The predicted octanol–water partition coefficient (Wildman–Crippen LogP) is 8.34. The topological polar surface area (TPSA) is 117 Å². The molecule has 0 heterocycles. The normalized spacial score (nSPS) is 18.4. The second-order valence-corrected chi connectivity index (χ2v) is 26.2. The van der Waals surface area contributed by atoms with E-state index in [-0.39, 0.29) is 45.8 Å². The van der Waals surface area contributed by atoms with Crippen LogP contribution in [0.25, 0.3) is 0 Å². The number of rotatable bonds is 18. The van der Waals surface area contributed by atoms with E-state index >= 15 is 0 Å². The van der Waals surface area contributed by atoms with E-state index in [1.807, 2.05) is 53.0 Å². The van der Waals surface area contributed by atoms with Crippen LogP contribution in [0.15, 0.2) is 37.0 Å². The molecule has 0 aliphatic heterocycles. The molecule has 0 bridgehead atoms. The number of ether oxygens (including phenoxy) is 2. The minimum absolute atomic E-state index is 0.0288. The Hall–Kier alpha value is -2.22. The van der Waals surface area contributed by atoms with Gasteiger partial charge in [0.2, 0.25) is 5.91 Å². The highest BCUT2D eigenvalue weighted by Crippen LogP contribution is 2.41. The fourth-order valence-corrected chi connectivity index (χ4v) is 8.27. The van der Waals surface area contributed by atoms with Crippen LogP contribution in [0, 0.1) is 29.6 Å². The Bertz CT molecular complexity index is 1120. The van der Waals surface area contributed by atoms with Crippen LogP contribution in [0.3, 0.4) is 0 Å². The summed E-state index contributed by atoms with van der Waals surface area (Å²) in [6.45, 7) is 35.9. The van der Waals surface area contributed by atoms with Crippen molar-refractivity contribution in [3.8, 4) is 0 Å². The summed E-state index contributed by atoms with van der Waals surface area (Å²) in [7, 11) is -1.43. The number of methoxy groups -OCH3 is 1. The van der Waals surface area contributed by atoms with Gasteiger partial charge < -0.3 is 29.0 Å². The monoisotopic (exact) mass is 710 g/mol. The van der Waals surface area contributed by atoms with Crippen molar-refractivity contribution in [3.05, 3.63) is 37.0 Å². The second-order valence-electron chi connectivity index (χ2n) is 16.7. The summed E-state index contributed by atoms with van der Waals surface area (Å²) in [6, 6.07) is 0. The largest absolute Gasteiger partial charge is 0.466 e. The number of allylic oxidation sites excluding steroid dienone is 2. The zero-order valence-corrected chi connectivity index (χ0v) is 35.3. The molecule has 0 saturated carbocycles. The average molecular weight is 711 g/mol. The van der Waals surface area contributed by atoms with Crippen molar-refractivity contribution in [2.24, 2.45) is 35.3 Å². The van der Waals surface area contributed by atoms with Crippen LogP contribution in [-0.2, 0) is 27.9 Å². The molecule has 278 valence electrons. The smallest absolute Gasteiger partial charge is 0.404 e. The van der Waals surface area contributed by atoms with Crippen molar-refractivity contribution in [2.45, 2.75) is 131 Å². The van der Waals surface area contributed by atoms with Gasteiger partial charge in [-0.05, 0) is 48.1 Å². The van der Waals surface area contributed by atoms with Gasteiger partial charge >= 0.3 is 12.1 Å². The van der Waals surface area contributed by atoms with E-state index in [0.717, 1.165) is 0 Å². The van der Waals surface area contributed by atoms with E-state index in [1.165, 1.54) is 13.2 Å². The molecule has 4 unspecified atom stereocenters. The number of nitrogens with two attached hydrogens (primary N) is 1. The molecule has 11 heteroatoms. The molecule has 0 aromatic carbocycles. The summed E-state index contributed by atoms with van der Waals surface area (Å²) in [6.07, 6.45) is 6.37. The molecule has 0 aliphatic rings. The summed E-state index contributed by atoms with van der Waals surface area (Å²) >= 11 is 0. The van der Waals surface area contributed by atoms with E-state index in [2.05, 4.69) is 81.2 Å². The highest BCUT2D eigenvalue weighted by atomic mass is 28.4. The number of hydrogen-bond acceptors (Lipinski definition) is 7. The van der Waals surface area contributed by atoms with Gasteiger partial charge in [0.25, 0.3) is 0 Å². The zero-order chi connectivity index (χ0) is 38.0. The highest BCUT2D eigenvalue weighted by Gasteiger charge is 2.46. The van der Waals surface area contributed by atoms with Crippen molar-refractivity contribution in [1.82, 2.24) is 4.90 Å². The van der Waals surface area contributed by atoms with Gasteiger partial charge in [-0.2, -0.15) is 0 Å². The van der Waals surface area contributed by atoms with Gasteiger partial charge in [-0.25, -0.2) is 9.59 Å². The minimum Gasteiger partial charge on any atom is -0.466 e. The SMILES string of the molecule is C=C/C=C\[C@H](C)C(OC(N)=O)C(C)C(O[Si](C)(C)C(C)(C)C)C(C)C(=O)N(C)C[C@H](C)[C@@H](O[Si](C)(C)C(C)(C)C)[C@@H](C)/C=C\C(=O)OC. The molecule has 0 fully saturated rings. The maximum absolute atomic E-state index is 14.3. The first kappa shape index (κ1) is 45.8. The summed E-state index contributed by atoms with van der Waals surface area (Å²) in [5.41, 5.74) is 5.55. The first-order valence-corrected chi connectivity index (χ1v) is 23.1. The van der Waals surface area contributed by atoms with Crippen molar-refractivity contribution in [3.63, 3.8) is 0 Å². The third kappa shape index (κ3) is 13.6. The van der Waals surface area contributed by atoms with E-state index in [9.17, 15) is 14.4 Å². The quantitative estimate of drug-likeness (QED) is 0.0658. The molecule has 48 heavy (non-hydrogen) atoms. The highest BCUT2D eigenvalue weighted by molar-refractivity contribution is 6.74. The van der Waals surface area contributed by atoms with E-state index in [1.54, 1.807) is 11.0 Å². The van der Waals surface area contributed by atoms with E-state index in [4.69, 9.17) is 24.1 Å². The molecule has 0 rings (SSSR count). The Kier molecular flexibility index (Phi) is 17.8. The molecule has 8 atom stereocenters. The maximum Gasteiger partial charge on any atom is 0.404 e. The van der Waals surface area contributed by atoms with Crippen LogP contribution in [0.5, 0.6) is 0 Å². The summed E-state index contributed by atoms with van der Waals surface area (Å²) < 4.78 is 24.5. The summed E-state index contributed by atoms with van der Waals surface area (Å²) in [4.78, 5) is 40.1. The number of esters is 1. The number of amides is 2. The molecule has 0 aliphatic carbocycles. The number of hydrogen-bond donors (Lipinski definition) is 1. The van der Waals surface area contributed by atoms with Crippen molar-refractivity contribution < 1.29 is 32.7 Å². The Morgan fingerprint density at radius 2 is 1.27 bits per heavy atom. The molecule has 0 spiro atoms. The Morgan fingerprint density at radius 1 is 0.812 bits per heavy atom. The number of primary amides is 1. The van der Waals surface area contributed by atoms with Crippen LogP contribution in [0.4, 0.5) is 4.79 Å². The third-order valence-corrected chi connectivity index (χ3v) is 19.4. The average Bonchev–Trinajstić information content (AvgIpc) is 2.96. The first-order chi connectivity index (χ1) is 21.6. The Labute approximate surface area is 295 Å². The van der Waals surface area contributed by atoms with Crippen LogP contribution >= 0.6 is 0 Å². The van der Waals surface area contributed by atoms with Crippen LogP contribution in [-0.4, -0.2) is 78.5 Å². The Morgan fingerprint density at radius 3 is 1.69 bits per heavy atom. The Balaban J connectivity index is 6.67. The number of carbonyl (C=O) groups is 3. The predicted molar refractivity (Wildman–Crippen MR) is 203 cm³/mol. The molecular weight excluding hydrogens is 641 g/mol. The molecule has 0 aromatic heterocycles. The zero-order valence-electron chi connectivity index (χ0n) is 33.3. The van der Waals surface area contributed by atoms with Crippen molar-refractivity contribution in [1.29, 1.82) is 0 Å². The molecule has 2 amide bonds. The van der Waals surface area contributed by atoms with Gasteiger partial charge in [-0.15, -0.1) is 0 Å². The fraction of sp³-hybridized carbons (Fsp3) is 0.757. The van der Waals surface area contributed by atoms with Crippen molar-refractivity contribution >= 4 is 34.6 Å². The number of nitrogens with zero attached hydrogens (tertiary/aromatic N) is 1. The third-order valence-electron chi connectivity index (χ3n) is 10.5. The molecule has 2 N–H and O–H groups in total. The lowest BCUT2D eigenvalue weighted by atomic mass is 9.83. The van der Waals surface area contributed by atoms with E-state index < -0.39 is 46.8 Å². The van der Waals surface area contributed by atoms with Gasteiger partial charge in [0.05, 0.1) is 25.2 Å². The number of carbonyl (C=O) groups excluding carboxylic acids is 3. The molecule has 0 radical (unpaired) electrons. The molecule has 0 saturated heterocycles. The van der Waals surface area contributed by atoms with Gasteiger partial charge in [-0.1, -0.05) is 107 Å². The lowest BCUT2D eigenvalue weighted by Gasteiger charge is -2.45. The maximum atomic E-state index is 14.3. The standard InChI is InChI=1S/C37H70N2O7Si2/c1-19-20-21-25(2)32(44-35(38)42)28(5)33(46-48(17,18)37(10,11)12)29(6)34(41)39(13)24-27(4)31(26(3)22-23-30(40)43-14)45-47(15,16)36(7,8)9/h19-23,25-29,31-33H,1,24H2,2-18H3,(H2,38,42)/b21-20-,23-22-/t25-,26-,27-,28?,29?,31-,32?,33?/m0/s1. The van der Waals surface area contributed by atoms with Gasteiger partial charge in [0.15, 0.2) is 16.6 Å². The van der Waals surface area contributed by atoms with Gasteiger partial charge in [-0.3, -0.25) is 4.79 Å².